The van der Waals surface area contributed by atoms with Crippen molar-refractivity contribution in [3.05, 3.63) is 0 Å². The van der Waals surface area contributed by atoms with Gasteiger partial charge in [-0.2, -0.15) is 0 Å². The van der Waals surface area contributed by atoms with Gasteiger partial charge in [0.25, 0.3) is 0 Å². The summed E-state index contributed by atoms with van der Waals surface area (Å²) in [6.45, 7) is 0. The fraction of sp³-hybridized carbons (Fsp3) is 0. The number of rotatable bonds is 0. The van der Waals surface area contributed by atoms with Crippen LogP contribution in [0.3, 0.4) is 0 Å². The van der Waals surface area contributed by atoms with Gasteiger partial charge in [0.1, 0.15) is 0 Å². The Labute approximate surface area is 136 Å². The Morgan fingerprint density at radius 2 is 1.00 bits per heavy atom. The van der Waals surface area contributed by atoms with Crippen LogP contribution in [0, 0.1) is 0 Å². The predicted octanol–water partition coefficient (Wildman–Crippen LogP) is -2.49. The van der Waals surface area contributed by atoms with Crippen molar-refractivity contribution in [3.8, 4) is 0 Å². The molecule has 0 fully saturated rings. The summed E-state index contributed by atoms with van der Waals surface area (Å²) >= 11 is 0. The zero-order valence-electron chi connectivity index (χ0n) is 1.16. The summed E-state index contributed by atoms with van der Waals surface area (Å²) in [6, 6.07) is 0. The average Bonchev–Trinajstić information content (AvgIpc) is 0. The Hall–Kier alpha value is 4.45. The summed E-state index contributed by atoms with van der Waals surface area (Å²) in [5.41, 5.74) is 0. The van der Waals surface area contributed by atoms with Gasteiger partial charge >= 0.3 is 106 Å². The molecule has 0 nitrogen and oxygen atoms in total. The summed E-state index contributed by atoms with van der Waals surface area (Å²) < 4.78 is 0. The van der Waals surface area contributed by atoms with E-state index in [0.29, 0.717) is 0 Å². The molecule has 0 aliphatic carbocycles. The molecule has 0 aromatic heterocycles. The van der Waals surface area contributed by atoms with Gasteiger partial charge in [-0.25, -0.2) is 0 Å². The molecule has 0 atom stereocenters. The third-order valence-electron chi connectivity index (χ3n) is 0. The van der Waals surface area contributed by atoms with Crippen molar-refractivity contribution in [3.63, 3.8) is 0 Å². The van der Waals surface area contributed by atoms with E-state index in [1.807, 2.05) is 0 Å². The molecule has 0 saturated heterocycles. The van der Waals surface area contributed by atoms with Crippen molar-refractivity contribution in [2.75, 3.05) is 0 Å². The van der Waals surface area contributed by atoms with Gasteiger partial charge in [-0.15, -0.1) is 0 Å². The van der Waals surface area contributed by atoms with E-state index in [1.165, 1.54) is 0 Å². The predicted molar refractivity (Wildman–Crippen MR) is 24.2 cm³/mol. The van der Waals surface area contributed by atoms with E-state index in [4.69, 9.17) is 0 Å². The molecule has 5 heavy (non-hydrogen) atoms. The minimum atomic E-state index is 0. The summed E-state index contributed by atoms with van der Waals surface area (Å²) in [4.78, 5) is 0. The van der Waals surface area contributed by atoms with Crippen LogP contribution >= 0.6 is 0 Å². The molecule has 0 aromatic carbocycles. The first kappa shape index (κ1) is 34.1. The van der Waals surface area contributed by atoms with E-state index in [0.717, 1.165) is 0 Å². The summed E-state index contributed by atoms with van der Waals surface area (Å²) in [5.74, 6) is 0. The van der Waals surface area contributed by atoms with Crippen LogP contribution in [0.1, 0.15) is 0 Å². The monoisotopic (exact) mass is 283 g/mol. The molecule has 33 valence electrons. The van der Waals surface area contributed by atoms with Crippen LogP contribution in [0.25, 0.3) is 0 Å². The normalized spacial score (nSPS) is 0. The van der Waals surface area contributed by atoms with Gasteiger partial charge in [-0.1, -0.05) is 0 Å². The zero-order chi connectivity index (χ0) is 0. The van der Waals surface area contributed by atoms with Crippen molar-refractivity contribution in [2.45, 2.75) is 0 Å². The molecule has 1 radical (unpaired) electrons. The number of hydrogen-bond acceptors (Lipinski definition) is 0. The number of hydrogen-bond donors (Lipinski definition) is 0. The van der Waals surface area contributed by atoms with Crippen molar-refractivity contribution < 1.29 is 34.1 Å². The van der Waals surface area contributed by atoms with E-state index >= 15 is 0 Å². The molecule has 0 rings (SSSR count). The van der Waals surface area contributed by atoms with Gasteiger partial charge in [-0.3, -0.25) is 0 Å². The first-order chi connectivity index (χ1) is 0. The third kappa shape index (κ3) is 17.8. The molecule has 0 spiro atoms. The van der Waals surface area contributed by atoms with Crippen LogP contribution in [0.15, 0.2) is 0 Å². The van der Waals surface area contributed by atoms with E-state index in [9.17, 15) is 0 Å². The van der Waals surface area contributed by atoms with Crippen molar-refractivity contribution in [1.29, 1.82) is 0 Å². The summed E-state index contributed by atoms with van der Waals surface area (Å²) in [5, 5.41) is 0. The Morgan fingerprint density at radius 1 is 1.00 bits per heavy atom. The van der Waals surface area contributed by atoms with Crippen LogP contribution < -0.4 is 0 Å². The maximum absolute atomic E-state index is 0. The zero-order valence-corrected chi connectivity index (χ0v) is 5.30. The topological polar surface area (TPSA) is 0 Å². The maximum atomic E-state index is 0. The molecule has 0 unspecified atom stereocenters. The molecule has 0 aliphatic rings. The van der Waals surface area contributed by atoms with Gasteiger partial charge in [0.05, 0.1) is 0 Å². The Morgan fingerprint density at radius 3 is 1.00 bits per heavy atom. The fourth-order valence-corrected chi connectivity index (χ4v) is 0. The van der Waals surface area contributed by atoms with Crippen LogP contribution in [0.5, 0.6) is 0 Å². The molecule has 5 heteroatoms. The Bertz CT molecular complexity index is 11.6. The molecular formula is H5CaCuFeKSe. The van der Waals surface area contributed by atoms with E-state index in [1.54, 1.807) is 0 Å². The van der Waals surface area contributed by atoms with Gasteiger partial charge in [0, 0.05) is 34.1 Å². The second-order valence-electron chi connectivity index (χ2n) is 0. The van der Waals surface area contributed by atoms with E-state index in [-0.39, 0.29) is 140 Å². The fourth-order valence-electron chi connectivity index (χ4n) is 0. The molecule has 0 aromatic rings. The van der Waals surface area contributed by atoms with Crippen LogP contribution in [-0.4, -0.2) is 106 Å². The van der Waals surface area contributed by atoms with Crippen molar-refractivity contribution >= 4 is 106 Å². The van der Waals surface area contributed by atoms with Crippen LogP contribution in [0.2, 0.25) is 0 Å². The molecule has 0 N–H and O–H groups in total. The summed E-state index contributed by atoms with van der Waals surface area (Å²) in [7, 11) is 0. The standard InChI is InChI=1S/Ca.Cu.Fe.K.H2Se.3H/h;;;;1H2;;;. The van der Waals surface area contributed by atoms with Crippen molar-refractivity contribution in [1.82, 2.24) is 0 Å². The van der Waals surface area contributed by atoms with Gasteiger partial charge in [-0.05, 0) is 0 Å². The molecule has 0 aliphatic heterocycles. The molecule has 0 heterocycles. The average molecular weight is 283 g/mol. The minimum absolute atomic E-state index is 0. The van der Waals surface area contributed by atoms with E-state index < -0.39 is 0 Å². The Balaban J connectivity index is 0. The third-order valence-corrected chi connectivity index (χ3v) is 0. The van der Waals surface area contributed by atoms with Gasteiger partial charge < -0.3 is 0 Å². The second-order valence-corrected chi connectivity index (χ2v) is 0. The first-order valence-corrected chi connectivity index (χ1v) is 0. The second kappa shape index (κ2) is 23.7. The van der Waals surface area contributed by atoms with Crippen molar-refractivity contribution in [2.24, 2.45) is 0 Å². The first-order valence-electron chi connectivity index (χ1n) is 0. The van der Waals surface area contributed by atoms with Gasteiger partial charge in [0.2, 0.25) is 0 Å². The Kier molecular flexibility index (Phi) is 161. The van der Waals surface area contributed by atoms with E-state index in [2.05, 4.69) is 0 Å². The van der Waals surface area contributed by atoms with Crippen LogP contribution in [0.4, 0.5) is 0 Å². The quantitative estimate of drug-likeness (QED) is 0.432. The molecule has 0 saturated carbocycles. The van der Waals surface area contributed by atoms with Crippen LogP contribution in [-0.2, 0) is 34.1 Å². The summed E-state index contributed by atoms with van der Waals surface area (Å²) in [6.07, 6.45) is 0. The van der Waals surface area contributed by atoms with Gasteiger partial charge in [0.15, 0.2) is 0 Å². The molecule has 0 bridgehead atoms. The molecular weight excluding hydrogens is 278 g/mol. The SMILES string of the molecule is [CaH2].[Cu].[Fe].[KH].[SeH2]. The molecule has 0 amide bonds.